The third kappa shape index (κ3) is 1.00. The van der Waals surface area contributed by atoms with Crippen LogP contribution in [0, 0.1) is 11.8 Å². The predicted molar refractivity (Wildman–Crippen MR) is 43.8 cm³/mol. The molecule has 0 aliphatic heterocycles. The van der Waals surface area contributed by atoms with Gasteiger partial charge in [0, 0.05) is 0 Å². The van der Waals surface area contributed by atoms with Gasteiger partial charge in [-0.15, -0.1) is 0 Å². The Morgan fingerprint density at radius 2 is 2.40 bits per heavy atom. The fourth-order valence-corrected chi connectivity index (χ4v) is 2.49. The molecule has 2 aliphatic rings. The lowest BCUT2D eigenvalue weighted by atomic mass is 9.90. The average molecular weight is 136 g/mol. The molecule has 2 rings (SSSR count). The molecule has 0 aromatic rings. The molecule has 10 heavy (non-hydrogen) atoms. The van der Waals surface area contributed by atoms with E-state index in [1.54, 1.807) is 5.57 Å². The van der Waals surface area contributed by atoms with E-state index >= 15 is 0 Å². The smallest absolute Gasteiger partial charge is 0.0200 e. The molecule has 0 heterocycles. The second kappa shape index (κ2) is 2.41. The molecule has 0 nitrogen and oxygen atoms in total. The maximum Gasteiger partial charge on any atom is -0.0200 e. The Balaban J connectivity index is 2.13. The monoisotopic (exact) mass is 136 g/mol. The summed E-state index contributed by atoms with van der Waals surface area (Å²) >= 11 is 0. The topological polar surface area (TPSA) is 0 Å². The Hall–Kier alpha value is -0.260. The van der Waals surface area contributed by atoms with Gasteiger partial charge >= 0.3 is 0 Å². The molecule has 0 aromatic carbocycles. The summed E-state index contributed by atoms with van der Waals surface area (Å²) in [4.78, 5) is 0. The van der Waals surface area contributed by atoms with E-state index in [-0.39, 0.29) is 0 Å². The third-order valence-corrected chi connectivity index (χ3v) is 2.96. The van der Waals surface area contributed by atoms with Crippen molar-refractivity contribution in [2.24, 2.45) is 11.8 Å². The second-order valence-corrected chi connectivity index (χ2v) is 3.95. The Morgan fingerprint density at radius 3 is 3.20 bits per heavy atom. The van der Waals surface area contributed by atoms with Crippen molar-refractivity contribution in [1.82, 2.24) is 0 Å². The van der Waals surface area contributed by atoms with E-state index < -0.39 is 0 Å². The molecule has 1 fully saturated rings. The van der Waals surface area contributed by atoms with Gasteiger partial charge in [-0.2, -0.15) is 0 Å². The van der Waals surface area contributed by atoms with Gasteiger partial charge in [-0.25, -0.2) is 0 Å². The molecule has 2 atom stereocenters. The van der Waals surface area contributed by atoms with Crippen LogP contribution >= 0.6 is 0 Å². The van der Waals surface area contributed by atoms with Gasteiger partial charge in [0.15, 0.2) is 0 Å². The lowest BCUT2D eigenvalue weighted by Crippen LogP contribution is -2.00. The normalized spacial score (nSPS) is 39.1. The summed E-state index contributed by atoms with van der Waals surface area (Å²) in [5, 5.41) is 0. The third-order valence-electron chi connectivity index (χ3n) is 2.96. The highest BCUT2D eigenvalue weighted by molar-refractivity contribution is 5.14. The highest BCUT2D eigenvalue weighted by Gasteiger charge is 2.27. The lowest BCUT2D eigenvalue weighted by Gasteiger charge is -2.15. The molecule has 0 saturated heterocycles. The Labute approximate surface area is 63.3 Å². The van der Waals surface area contributed by atoms with Gasteiger partial charge in [0.2, 0.25) is 0 Å². The minimum Gasteiger partial charge on any atom is -0.0850 e. The van der Waals surface area contributed by atoms with Gasteiger partial charge in [-0.05, 0) is 43.9 Å². The zero-order valence-corrected chi connectivity index (χ0v) is 6.77. The summed E-state index contributed by atoms with van der Waals surface area (Å²) in [5.74, 6) is 1.98. The summed E-state index contributed by atoms with van der Waals surface area (Å²) < 4.78 is 0. The van der Waals surface area contributed by atoms with Crippen molar-refractivity contribution in [2.45, 2.75) is 39.0 Å². The minimum atomic E-state index is 0.981. The van der Waals surface area contributed by atoms with E-state index in [1.807, 2.05) is 0 Å². The fraction of sp³-hybridized carbons (Fsp3) is 0.800. The standard InChI is InChI=1S/C10H16/c1-8-6-9-4-2-3-5-10(9)7-8/h4,8,10H,2-3,5-7H2,1H3. The van der Waals surface area contributed by atoms with Crippen LogP contribution < -0.4 is 0 Å². The molecule has 0 N–H and O–H groups in total. The summed E-state index contributed by atoms with van der Waals surface area (Å²) in [5.41, 5.74) is 1.79. The van der Waals surface area contributed by atoms with E-state index in [4.69, 9.17) is 0 Å². The first kappa shape index (κ1) is 6.45. The van der Waals surface area contributed by atoms with Crippen molar-refractivity contribution in [3.05, 3.63) is 11.6 Å². The van der Waals surface area contributed by atoms with Crippen molar-refractivity contribution in [1.29, 1.82) is 0 Å². The van der Waals surface area contributed by atoms with Crippen molar-refractivity contribution < 1.29 is 0 Å². The van der Waals surface area contributed by atoms with Gasteiger partial charge < -0.3 is 0 Å². The molecule has 0 heteroatoms. The maximum absolute atomic E-state index is 2.50. The molecule has 2 aliphatic carbocycles. The Morgan fingerprint density at radius 1 is 1.50 bits per heavy atom. The Kier molecular flexibility index (Phi) is 1.55. The number of rotatable bonds is 0. The van der Waals surface area contributed by atoms with Gasteiger partial charge in [-0.3, -0.25) is 0 Å². The average Bonchev–Trinajstić information content (AvgIpc) is 2.27. The van der Waals surface area contributed by atoms with Crippen molar-refractivity contribution in [3.8, 4) is 0 Å². The largest absolute Gasteiger partial charge is 0.0850 e. The zero-order valence-electron chi connectivity index (χ0n) is 6.77. The molecule has 0 radical (unpaired) electrons. The Bertz CT molecular complexity index is 155. The van der Waals surface area contributed by atoms with Crippen LogP contribution in [0.4, 0.5) is 0 Å². The molecule has 0 bridgehead atoms. The first-order valence-corrected chi connectivity index (χ1v) is 4.55. The summed E-state index contributed by atoms with van der Waals surface area (Å²) in [6, 6.07) is 0. The lowest BCUT2D eigenvalue weighted by molar-refractivity contribution is 0.485. The quantitative estimate of drug-likeness (QED) is 0.449. The predicted octanol–water partition coefficient (Wildman–Crippen LogP) is 3.14. The van der Waals surface area contributed by atoms with Crippen LogP contribution in [0.3, 0.4) is 0 Å². The van der Waals surface area contributed by atoms with Gasteiger partial charge in [-0.1, -0.05) is 18.6 Å². The van der Waals surface area contributed by atoms with Crippen LogP contribution in [0.1, 0.15) is 39.0 Å². The molecule has 56 valence electrons. The molecular weight excluding hydrogens is 120 g/mol. The van der Waals surface area contributed by atoms with Crippen molar-refractivity contribution in [2.75, 3.05) is 0 Å². The number of hydrogen-bond acceptors (Lipinski definition) is 0. The molecule has 0 amide bonds. The van der Waals surface area contributed by atoms with E-state index in [9.17, 15) is 0 Å². The van der Waals surface area contributed by atoms with Crippen LogP contribution in [0.2, 0.25) is 0 Å². The molecular formula is C10H16. The van der Waals surface area contributed by atoms with Crippen LogP contribution in [0.25, 0.3) is 0 Å². The van der Waals surface area contributed by atoms with Crippen LogP contribution in [-0.2, 0) is 0 Å². The van der Waals surface area contributed by atoms with E-state index in [1.165, 1.54) is 32.1 Å². The number of allylic oxidation sites excluding steroid dienone is 2. The molecule has 2 unspecified atom stereocenters. The SMILES string of the molecule is CC1CC2=CCCCC2C1. The van der Waals surface area contributed by atoms with E-state index in [2.05, 4.69) is 13.0 Å². The van der Waals surface area contributed by atoms with Crippen molar-refractivity contribution >= 4 is 0 Å². The summed E-state index contributed by atoms with van der Waals surface area (Å²) in [6.45, 7) is 2.39. The van der Waals surface area contributed by atoms with Crippen LogP contribution in [0.5, 0.6) is 0 Å². The zero-order chi connectivity index (χ0) is 6.97. The van der Waals surface area contributed by atoms with Crippen molar-refractivity contribution in [3.63, 3.8) is 0 Å². The highest BCUT2D eigenvalue weighted by atomic mass is 14.3. The minimum absolute atomic E-state index is 0.981. The number of hydrogen-bond donors (Lipinski definition) is 0. The highest BCUT2D eigenvalue weighted by Crippen LogP contribution is 2.41. The van der Waals surface area contributed by atoms with Crippen LogP contribution in [-0.4, -0.2) is 0 Å². The second-order valence-electron chi connectivity index (χ2n) is 3.95. The van der Waals surface area contributed by atoms with Crippen LogP contribution in [0.15, 0.2) is 11.6 Å². The maximum atomic E-state index is 2.50. The van der Waals surface area contributed by atoms with Gasteiger partial charge in [0.25, 0.3) is 0 Å². The van der Waals surface area contributed by atoms with E-state index in [0.29, 0.717) is 0 Å². The number of fused-ring (bicyclic) bond motifs is 1. The summed E-state index contributed by atoms with van der Waals surface area (Å²) in [6.07, 6.45) is 9.67. The summed E-state index contributed by atoms with van der Waals surface area (Å²) in [7, 11) is 0. The fourth-order valence-electron chi connectivity index (χ4n) is 2.49. The molecule has 0 spiro atoms. The first-order valence-electron chi connectivity index (χ1n) is 4.55. The molecule has 1 saturated carbocycles. The van der Waals surface area contributed by atoms with Gasteiger partial charge in [0.1, 0.15) is 0 Å². The van der Waals surface area contributed by atoms with E-state index in [0.717, 1.165) is 11.8 Å². The van der Waals surface area contributed by atoms with Gasteiger partial charge in [0.05, 0.1) is 0 Å². The molecule has 0 aromatic heterocycles. The first-order chi connectivity index (χ1) is 4.86.